The Morgan fingerprint density at radius 3 is 2.76 bits per heavy atom. The number of carbonyl (C=O) groups is 1. The first-order valence-electron chi connectivity index (χ1n) is 5.30. The quantitative estimate of drug-likeness (QED) is 0.492. The van der Waals surface area contributed by atoms with Crippen LogP contribution in [0, 0.1) is 0 Å². The molecule has 1 aromatic carbocycles. The van der Waals surface area contributed by atoms with Crippen LogP contribution in [0.4, 0.5) is 5.69 Å². The first-order valence-corrected chi connectivity index (χ1v) is 6.28. The molecule has 0 saturated carbocycles. The molecule has 1 rings (SSSR count). The Labute approximate surface area is 106 Å². The number of hydrogen-bond donors (Lipinski definition) is 1. The lowest BCUT2D eigenvalue weighted by Gasteiger charge is -2.10. The van der Waals surface area contributed by atoms with Crippen molar-refractivity contribution in [2.24, 2.45) is 0 Å². The lowest BCUT2D eigenvalue weighted by Crippen LogP contribution is -2.14. The summed E-state index contributed by atoms with van der Waals surface area (Å²) in [6, 6.07) is 5.44. The minimum atomic E-state index is -0.391. The van der Waals surface area contributed by atoms with Crippen LogP contribution in [0.2, 0.25) is 0 Å². The van der Waals surface area contributed by atoms with Gasteiger partial charge in [-0.25, -0.2) is 4.79 Å². The fourth-order valence-corrected chi connectivity index (χ4v) is 2.32. The van der Waals surface area contributed by atoms with Crippen molar-refractivity contribution in [2.45, 2.75) is 4.90 Å². The van der Waals surface area contributed by atoms with Crippen LogP contribution in [0.1, 0.15) is 10.4 Å². The number of anilines is 1. The zero-order valence-electron chi connectivity index (χ0n) is 10.4. The molecule has 0 atom stereocenters. The lowest BCUT2D eigenvalue weighted by molar-refractivity contribution is 0.0601. The Kier molecular flexibility index (Phi) is 5.31. The number of ether oxygens (including phenoxy) is 1. The van der Waals surface area contributed by atoms with E-state index in [2.05, 4.69) is 9.64 Å². The molecule has 4 nitrogen and oxygen atoms in total. The topological polar surface area (TPSA) is 55.6 Å². The molecule has 0 bridgehead atoms. The number of rotatable bonds is 5. The molecular formula is C12H18N2O2S. The van der Waals surface area contributed by atoms with Gasteiger partial charge in [0.25, 0.3) is 0 Å². The van der Waals surface area contributed by atoms with Crippen molar-refractivity contribution in [2.75, 3.05) is 39.2 Å². The van der Waals surface area contributed by atoms with Crippen molar-refractivity contribution in [1.82, 2.24) is 4.90 Å². The molecule has 0 heterocycles. The number of nitrogens with zero attached hydrogens (tertiary/aromatic N) is 1. The first kappa shape index (κ1) is 13.9. The molecule has 0 aliphatic rings. The van der Waals surface area contributed by atoms with Gasteiger partial charge >= 0.3 is 5.97 Å². The number of nitrogens with two attached hydrogens (primary N) is 1. The molecule has 0 aromatic heterocycles. The predicted octanol–water partition coefficient (Wildman–Crippen LogP) is 1.71. The summed E-state index contributed by atoms with van der Waals surface area (Å²) in [5.41, 5.74) is 6.61. The van der Waals surface area contributed by atoms with Gasteiger partial charge in [-0.1, -0.05) is 0 Å². The van der Waals surface area contributed by atoms with E-state index in [1.54, 1.807) is 23.9 Å². The highest BCUT2D eigenvalue weighted by Gasteiger charge is 2.10. The van der Waals surface area contributed by atoms with Crippen LogP contribution >= 0.6 is 11.8 Å². The molecule has 0 amide bonds. The van der Waals surface area contributed by atoms with Gasteiger partial charge < -0.3 is 15.4 Å². The maximum Gasteiger partial charge on any atom is 0.339 e. The van der Waals surface area contributed by atoms with E-state index in [9.17, 15) is 4.79 Å². The molecular weight excluding hydrogens is 236 g/mol. The Morgan fingerprint density at radius 2 is 2.18 bits per heavy atom. The second-order valence-corrected chi connectivity index (χ2v) is 5.06. The van der Waals surface area contributed by atoms with Gasteiger partial charge in [0.05, 0.1) is 12.7 Å². The zero-order chi connectivity index (χ0) is 12.8. The summed E-state index contributed by atoms with van der Waals surface area (Å²) in [5, 5.41) is 0. The molecule has 94 valence electrons. The van der Waals surface area contributed by atoms with Crippen LogP contribution in [0.3, 0.4) is 0 Å². The molecule has 0 saturated heterocycles. The van der Waals surface area contributed by atoms with E-state index >= 15 is 0 Å². The SMILES string of the molecule is COC(=O)c1cc(SCCN(C)C)ccc1N. The molecule has 2 N–H and O–H groups in total. The second-order valence-electron chi connectivity index (χ2n) is 3.89. The van der Waals surface area contributed by atoms with E-state index in [1.165, 1.54) is 7.11 Å². The number of methoxy groups -OCH3 is 1. The van der Waals surface area contributed by atoms with Crippen molar-refractivity contribution >= 4 is 23.4 Å². The standard InChI is InChI=1S/C12H18N2O2S/c1-14(2)6-7-17-9-4-5-11(13)10(8-9)12(15)16-3/h4-5,8H,6-7,13H2,1-3H3. The average Bonchev–Trinajstić information content (AvgIpc) is 2.30. The van der Waals surface area contributed by atoms with Crippen LogP contribution in [0.15, 0.2) is 23.1 Å². The van der Waals surface area contributed by atoms with Crippen LogP contribution in [0.25, 0.3) is 0 Å². The van der Waals surface area contributed by atoms with Gasteiger partial charge in [-0.2, -0.15) is 0 Å². The number of nitrogen functional groups attached to an aromatic ring is 1. The molecule has 0 fully saturated rings. The van der Waals surface area contributed by atoms with E-state index in [0.717, 1.165) is 17.2 Å². The third kappa shape index (κ3) is 4.28. The highest BCUT2D eigenvalue weighted by atomic mass is 32.2. The molecule has 0 spiro atoms. The Morgan fingerprint density at radius 1 is 1.47 bits per heavy atom. The van der Waals surface area contributed by atoms with Gasteiger partial charge in [0.15, 0.2) is 0 Å². The third-order valence-electron chi connectivity index (χ3n) is 2.24. The molecule has 5 heteroatoms. The third-order valence-corrected chi connectivity index (χ3v) is 3.21. The lowest BCUT2D eigenvalue weighted by atomic mass is 10.2. The smallest absolute Gasteiger partial charge is 0.339 e. The number of benzene rings is 1. The maximum absolute atomic E-state index is 11.4. The molecule has 0 aliphatic carbocycles. The van der Waals surface area contributed by atoms with Crippen molar-refractivity contribution < 1.29 is 9.53 Å². The Balaban J connectivity index is 2.71. The normalized spacial score (nSPS) is 10.6. The van der Waals surface area contributed by atoms with Crippen LogP contribution in [-0.2, 0) is 4.74 Å². The summed E-state index contributed by atoms with van der Waals surface area (Å²) in [6.07, 6.45) is 0. The van der Waals surface area contributed by atoms with Crippen molar-refractivity contribution in [3.63, 3.8) is 0 Å². The fraction of sp³-hybridized carbons (Fsp3) is 0.417. The van der Waals surface area contributed by atoms with Gasteiger partial charge in [0, 0.05) is 22.9 Å². The van der Waals surface area contributed by atoms with Crippen molar-refractivity contribution in [3.8, 4) is 0 Å². The van der Waals surface area contributed by atoms with Gasteiger partial charge in [0.2, 0.25) is 0 Å². The van der Waals surface area contributed by atoms with Crippen LogP contribution in [-0.4, -0.2) is 44.4 Å². The summed E-state index contributed by atoms with van der Waals surface area (Å²) >= 11 is 1.69. The van der Waals surface area contributed by atoms with E-state index in [0.29, 0.717) is 11.3 Å². The van der Waals surface area contributed by atoms with Crippen molar-refractivity contribution in [3.05, 3.63) is 23.8 Å². The maximum atomic E-state index is 11.4. The number of hydrogen-bond acceptors (Lipinski definition) is 5. The van der Waals surface area contributed by atoms with E-state index in [4.69, 9.17) is 5.73 Å². The molecule has 0 aliphatic heterocycles. The van der Waals surface area contributed by atoms with Gasteiger partial charge in [-0.05, 0) is 32.3 Å². The summed E-state index contributed by atoms with van der Waals surface area (Å²) < 4.78 is 4.68. The Bertz CT molecular complexity index is 394. The van der Waals surface area contributed by atoms with Crippen molar-refractivity contribution in [1.29, 1.82) is 0 Å². The molecule has 0 unspecified atom stereocenters. The molecule has 1 aromatic rings. The number of thioether (sulfide) groups is 1. The fourth-order valence-electron chi connectivity index (χ4n) is 1.26. The number of carbonyl (C=O) groups excluding carboxylic acids is 1. The molecule has 0 radical (unpaired) electrons. The minimum Gasteiger partial charge on any atom is -0.465 e. The first-order chi connectivity index (χ1) is 8.04. The van der Waals surface area contributed by atoms with E-state index in [1.807, 2.05) is 20.2 Å². The highest BCUT2D eigenvalue weighted by molar-refractivity contribution is 7.99. The largest absolute Gasteiger partial charge is 0.465 e. The van der Waals surface area contributed by atoms with Gasteiger partial charge in [-0.15, -0.1) is 11.8 Å². The second kappa shape index (κ2) is 6.51. The summed E-state index contributed by atoms with van der Waals surface area (Å²) in [4.78, 5) is 14.6. The summed E-state index contributed by atoms with van der Waals surface area (Å²) in [7, 11) is 5.42. The predicted molar refractivity (Wildman–Crippen MR) is 71.5 cm³/mol. The number of esters is 1. The molecule has 17 heavy (non-hydrogen) atoms. The summed E-state index contributed by atoms with van der Waals surface area (Å²) in [6.45, 7) is 0.989. The average molecular weight is 254 g/mol. The highest BCUT2D eigenvalue weighted by Crippen LogP contribution is 2.23. The van der Waals surface area contributed by atoms with Gasteiger partial charge in [0.1, 0.15) is 0 Å². The summed E-state index contributed by atoms with van der Waals surface area (Å²) in [5.74, 6) is 0.579. The minimum absolute atomic E-state index is 0.391. The van der Waals surface area contributed by atoms with Gasteiger partial charge in [-0.3, -0.25) is 0 Å². The van der Waals surface area contributed by atoms with E-state index in [-0.39, 0.29) is 0 Å². The zero-order valence-corrected chi connectivity index (χ0v) is 11.2. The monoisotopic (exact) mass is 254 g/mol. The van der Waals surface area contributed by atoms with Crippen LogP contribution in [0.5, 0.6) is 0 Å². The van der Waals surface area contributed by atoms with E-state index < -0.39 is 5.97 Å². The Hall–Kier alpha value is -1.20. The van der Waals surface area contributed by atoms with Crippen LogP contribution < -0.4 is 5.73 Å².